The van der Waals surface area contributed by atoms with Gasteiger partial charge >= 0.3 is 5.97 Å². The van der Waals surface area contributed by atoms with Gasteiger partial charge < -0.3 is 4.74 Å². The van der Waals surface area contributed by atoms with Crippen LogP contribution in [0.5, 0.6) is 5.75 Å². The van der Waals surface area contributed by atoms with Crippen LogP contribution in [0.15, 0.2) is 65.6 Å². The van der Waals surface area contributed by atoms with Gasteiger partial charge in [-0.2, -0.15) is 5.10 Å². The van der Waals surface area contributed by atoms with Crippen molar-refractivity contribution in [1.82, 2.24) is 10.2 Å². The van der Waals surface area contributed by atoms with Crippen LogP contribution < -0.4 is 9.88 Å². The van der Waals surface area contributed by atoms with E-state index in [2.05, 4.69) is 10.2 Å². The number of benzene rings is 2. The van der Waals surface area contributed by atoms with Crippen molar-refractivity contribution in [2.75, 3.05) is 0 Å². The Morgan fingerprint density at radius 1 is 1.07 bits per heavy atom. The third-order valence-electron chi connectivity index (χ3n) is 4.18. The summed E-state index contributed by atoms with van der Waals surface area (Å²) >= 11 is 0. The third kappa shape index (κ3) is 4.07. The smallest absolute Gasteiger partial charge is 0.323 e. The molecule has 2 aromatic carbocycles. The number of aromatic amines is 1. The van der Waals surface area contributed by atoms with E-state index in [1.54, 1.807) is 19.9 Å². The molecule has 3 rings (SSSR count). The average Bonchev–Trinajstić information content (AvgIpc) is 3.13. The van der Waals surface area contributed by atoms with E-state index < -0.39 is 21.4 Å². The lowest BCUT2D eigenvalue weighted by molar-refractivity contribution is -0.139. The molecule has 27 heavy (non-hydrogen) atoms. The second-order valence-corrected chi connectivity index (χ2v) is 8.13. The van der Waals surface area contributed by atoms with E-state index in [0.717, 1.165) is 11.3 Å². The van der Waals surface area contributed by atoms with Gasteiger partial charge in [0.1, 0.15) is 11.2 Å². The summed E-state index contributed by atoms with van der Waals surface area (Å²) < 4.78 is 28.0. The number of primary sulfonamides is 1. The van der Waals surface area contributed by atoms with Crippen LogP contribution in [0.2, 0.25) is 0 Å². The van der Waals surface area contributed by atoms with Crippen LogP contribution in [-0.4, -0.2) is 24.6 Å². The molecule has 1 heterocycles. The summed E-state index contributed by atoms with van der Waals surface area (Å²) in [5.74, 6) is -0.295. The van der Waals surface area contributed by atoms with Gasteiger partial charge in [0.05, 0.1) is 16.3 Å². The number of hydrogen-bond donors (Lipinski definition) is 2. The summed E-state index contributed by atoms with van der Waals surface area (Å²) in [6, 6.07) is 16.8. The SMILES string of the molecule is CC(C)(C(=O)Oc1ccc(S(N)(=O)=O)cc1)c1cc(-c2ccccc2)[nH]n1. The third-order valence-corrected chi connectivity index (χ3v) is 5.11. The minimum atomic E-state index is -3.80. The van der Waals surface area contributed by atoms with Crippen molar-refractivity contribution in [3.8, 4) is 17.0 Å². The molecule has 0 aliphatic heterocycles. The van der Waals surface area contributed by atoms with E-state index in [-0.39, 0.29) is 10.6 Å². The topological polar surface area (TPSA) is 115 Å². The Morgan fingerprint density at radius 2 is 1.70 bits per heavy atom. The Bertz CT molecular complexity index is 1060. The quantitative estimate of drug-likeness (QED) is 0.517. The first-order chi connectivity index (χ1) is 12.7. The average molecular weight is 385 g/mol. The van der Waals surface area contributed by atoms with E-state index in [4.69, 9.17) is 9.88 Å². The van der Waals surface area contributed by atoms with Crippen LogP contribution in [0, 0.1) is 0 Å². The summed E-state index contributed by atoms with van der Waals surface area (Å²) in [7, 11) is -3.80. The zero-order valence-electron chi connectivity index (χ0n) is 14.8. The second-order valence-electron chi connectivity index (χ2n) is 6.56. The molecule has 0 atom stereocenters. The van der Waals surface area contributed by atoms with Gasteiger partial charge in [0.15, 0.2) is 0 Å². The van der Waals surface area contributed by atoms with Crippen molar-refractivity contribution in [3.05, 3.63) is 66.4 Å². The van der Waals surface area contributed by atoms with E-state index in [0.29, 0.717) is 5.69 Å². The molecule has 0 saturated heterocycles. The molecule has 1 aromatic heterocycles. The molecule has 0 amide bonds. The maximum absolute atomic E-state index is 12.6. The second kappa shape index (κ2) is 6.98. The number of nitrogens with zero attached hydrogens (tertiary/aromatic N) is 1. The minimum Gasteiger partial charge on any atom is -0.426 e. The minimum absolute atomic E-state index is 0.0543. The van der Waals surface area contributed by atoms with Gasteiger partial charge in [-0.05, 0) is 49.7 Å². The molecule has 0 saturated carbocycles. The van der Waals surface area contributed by atoms with E-state index in [9.17, 15) is 13.2 Å². The molecule has 3 N–H and O–H groups in total. The van der Waals surface area contributed by atoms with Crippen molar-refractivity contribution in [2.24, 2.45) is 5.14 Å². The molecule has 0 spiro atoms. The number of rotatable bonds is 5. The predicted molar refractivity (Wildman–Crippen MR) is 100 cm³/mol. The van der Waals surface area contributed by atoms with E-state index >= 15 is 0 Å². The zero-order chi connectivity index (χ0) is 19.7. The van der Waals surface area contributed by atoms with Gasteiger partial charge in [-0.15, -0.1) is 0 Å². The van der Waals surface area contributed by atoms with Gasteiger partial charge in [0.25, 0.3) is 0 Å². The number of sulfonamides is 1. The van der Waals surface area contributed by atoms with Gasteiger partial charge in [0.2, 0.25) is 10.0 Å². The predicted octanol–water partition coefficient (Wildman–Crippen LogP) is 2.61. The Morgan fingerprint density at radius 3 is 2.30 bits per heavy atom. The van der Waals surface area contributed by atoms with Crippen LogP contribution >= 0.6 is 0 Å². The first-order valence-corrected chi connectivity index (χ1v) is 9.69. The highest BCUT2D eigenvalue weighted by Crippen LogP contribution is 2.28. The first kappa shape index (κ1) is 18.8. The summed E-state index contributed by atoms with van der Waals surface area (Å²) in [6.45, 7) is 3.41. The first-order valence-electron chi connectivity index (χ1n) is 8.14. The van der Waals surface area contributed by atoms with Crippen molar-refractivity contribution in [1.29, 1.82) is 0 Å². The lowest BCUT2D eigenvalue weighted by Crippen LogP contribution is -2.33. The lowest BCUT2D eigenvalue weighted by atomic mass is 9.89. The van der Waals surface area contributed by atoms with Crippen molar-refractivity contribution in [3.63, 3.8) is 0 Å². The molecule has 0 aliphatic carbocycles. The number of nitrogens with two attached hydrogens (primary N) is 1. The normalized spacial score (nSPS) is 12.0. The molecule has 3 aromatic rings. The monoisotopic (exact) mass is 385 g/mol. The van der Waals surface area contributed by atoms with Crippen molar-refractivity contribution in [2.45, 2.75) is 24.2 Å². The molecular weight excluding hydrogens is 366 g/mol. The maximum Gasteiger partial charge on any atom is 0.323 e. The highest BCUT2D eigenvalue weighted by molar-refractivity contribution is 7.89. The Kier molecular flexibility index (Phi) is 4.86. The van der Waals surface area contributed by atoms with E-state index in [1.807, 2.05) is 30.3 Å². The van der Waals surface area contributed by atoms with Gasteiger partial charge in [-0.25, -0.2) is 13.6 Å². The fraction of sp³-hybridized carbons (Fsp3) is 0.158. The molecule has 7 nitrogen and oxygen atoms in total. The molecule has 0 radical (unpaired) electrons. The molecule has 0 unspecified atom stereocenters. The fourth-order valence-electron chi connectivity index (χ4n) is 2.44. The molecule has 8 heteroatoms. The molecule has 0 aliphatic rings. The Labute approximate surface area is 157 Å². The van der Waals surface area contributed by atoms with Gasteiger partial charge in [0, 0.05) is 0 Å². The number of nitrogens with one attached hydrogen (secondary N) is 1. The largest absolute Gasteiger partial charge is 0.426 e. The van der Waals surface area contributed by atoms with E-state index in [1.165, 1.54) is 24.3 Å². The molecule has 140 valence electrons. The van der Waals surface area contributed by atoms with Gasteiger partial charge in [-0.1, -0.05) is 30.3 Å². The van der Waals surface area contributed by atoms with Crippen molar-refractivity contribution < 1.29 is 17.9 Å². The summed E-state index contributed by atoms with van der Waals surface area (Å²) in [5, 5.41) is 12.2. The number of carbonyl (C=O) groups excluding carboxylic acids is 1. The molecule has 0 fully saturated rings. The molecule has 0 bridgehead atoms. The van der Waals surface area contributed by atoms with Crippen LogP contribution in [0.4, 0.5) is 0 Å². The van der Waals surface area contributed by atoms with Gasteiger partial charge in [-0.3, -0.25) is 9.89 Å². The zero-order valence-corrected chi connectivity index (χ0v) is 15.7. The highest BCUT2D eigenvalue weighted by atomic mass is 32.2. The Hall–Kier alpha value is -2.97. The van der Waals surface area contributed by atoms with Crippen molar-refractivity contribution >= 4 is 16.0 Å². The van der Waals surface area contributed by atoms with Crippen LogP contribution in [0.25, 0.3) is 11.3 Å². The number of H-pyrrole nitrogens is 1. The van der Waals surface area contributed by atoms with Crippen LogP contribution in [0.3, 0.4) is 0 Å². The summed E-state index contributed by atoms with van der Waals surface area (Å²) in [5.41, 5.74) is 1.28. The van der Waals surface area contributed by atoms with Crippen LogP contribution in [-0.2, 0) is 20.2 Å². The molecular formula is C19H19N3O4S. The number of ether oxygens (including phenoxy) is 1. The summed E-state index contributed by atoms with van der Waals surface area (Å²) in [6.07, 6.45) is 0. The number of esters is 1. The number of carbonyl (C=O) groups is 1. The van der Waals surface area contributed by atoms with Crippen LogP contribution in [0.1, 0.15) is 19.5 Å². The number of hydrogen-bond acceptors (Lipinski definition) is 5. The standard InChI is InChI=1S/C19H19N3O4S/c1-19(2,17-12-16(21-22-17)13-6-4-3-5-7-13)18(23)26-14-8-10-15(11-9-14)27(20,24)25/h3-12H,1-2H3,(H,21,22)(H2,20,24,25). The number of aromatic nitrogens is 2. The summed E-state index contributed by atoms with van der Waals surface area (Å²) in [4.78, 5) is 12.6. The lowest BCUT2D eigenvalue weighted by Gasteiger charge is -2.20. The Balaban J connectivity index is 1.78. The maximum atomic E-state index is 12.6. The highest BCUT2D eigenvalue weighted by Gasteiger charge is 2.34. The fourth-order valence-corrected chi connectivity index (χ4v) is 2.96.